The van der Waals surface area contributed by atoms with E-state index < -0.39 is 0 Å². The van der Waals surface area contributed by atoms with Gasteiger partial charge in [-0.2, -0.15) is 0 Å². The van der Waals surface area contributed by atoms with E-state index in [1.54, 1.807) is 13.2 Å². The zero-order valence-corrected chi connectivity index (χ0v) is 10.2. The van der Waals surface area contributed by atoms with E-state index in [0.29, 0.717) is 11.7 Å². The van der Waals surface area contributed by atoms with Gasteiger partial charge in [0.15, 0.2) is 0 Å². The van der Waals surface area contributed by atoms with Gasteiger partial charge in [0.25, 0.3) is 5.91 Å². The minimum absolute atomic E-state index is 0.148. The van der Waals surface area contributed by atoms with Crippen LogP contribution in [-0.4, -0.2) is 44.1 Å². The predicted molar refractivity (Wildman–Crippen MR) is 67.3 cm³/mol. The molecular formula is C12H18N4O. The van der Waals surface area contributed by atoms with Crippen molar-refractivity contribution in [1.29, 1.82) is 0 Å². The Morgan fingerprint density at radius 1 is 1.65 bits per heavy atom. The van der Waals surface area contributed by atoms with Crippen molar-refractivity contribution in [3.05, 3.63) is 24.0 Å². The molecular weight excluding hydrogens is 216 g/mol. The number of nitrogens with one attached hydrogen (secondary N) is 2. The molecule has 17 heavy (non-hydrogen) atoms. The van der Waals surface area contributed by atoms with E-state index in [1.807, 2.05) is 12.1 Å². The molecule has 5 heteroatoms. The number of rotatable bonds is 3. The standard InChI is InChI=1S/C12H18N4O/c1-13-12(17)11-7-9(4-6-15-11)16(2)10-3-5-14-8-10/h4,6-7,10,14H,3,5,8H2,1-2H3,(H,13,17). The molecule has 1 aliphatic rings. The Labute approximate surface area is 101 Å². The highest BCUT2D eigenvalue weighted by molar-refractivity contribution is 5.92. The SMILES string of the molecule is CNC(=O)c1cc(N(C)C2CCNC2)ccn1. The smallest absolute Gasteiger partial charge is 0.269 e. The number of pyridine rings is 1. The highest BCUT2D eigenvalue weighted by atomic mass is 16.1. The molecule has 1 atom stereocenters. The molecule has 2 N–H and O–H groups in total. The van der Waals surface area contributed by atoms with Gasteiger partial charge in [-0.3, -0.25) is 9.78 Å². The summed E-state index contributed by atoms with van der Waals surface area (Å²) >= 11 is 0. The number of carbonyl (C=O) groups excluding carboxylic acids is 1. The molecule has 1 fully saturated rings. The zero-order valence-electron chi connectivity index (χ0n) is 10.2. The van der Waals surface area contributed by atoms with Gasteiger partial charge in [-0.05, 0) is 25.1 Å². The van der Waals surface area contributed by atoms with E-state index in [2.05, 4.69) is 27.6 Å². The van der Waals surface area contributed by atoms with E-state index >= 15 is 0 Å². The Morgan fingerprint density at radius 2 is 2.47 bits per heavy atom. The van der Waals surface area contributed by atoms with Crippen molar-refractivity contribution >= 4 is 11.6 Å². The van der Waals surface area contributed by atoms with Gasteiger partial charge in [-0.15, -0.1) is 0 Å². The lowest BCUT2D eigenvalue weighted by atomic mass is 10.2. The Hall–Kier alpha value is -1.62. The summed E-state index contributed by atoms with van der Waals surface area (Å²) in [5.74, 6) is -0.148. The van der Waals surface area contributed by atoms with Gasteiger partial charge in [-0.25, -0.2) is 0 Å². The number of anilines is 1. The highest BCUT2D eigenvalue weighted by Gasteiger charge is 2.20. The maximum absolute atomic E-state index is 11.5. The van der Waals surface area contributed by atoms with E-state index in [-0.39, 0.29) is 5.91 Å². The largest absolute Gasteiger partial charge is 0.370 e. The maximum atomic E-state index is 11.5. The second-order valence-corrected chi connectivity index (χ2v) is 4.24. The molecule has 92 valence electrons. The van der Waals surface area contributed by atoms with Crippen LogP contribution in [-0.2, 0) is 0 Å². The third-order valence-electron chi connectivity index (χ3n) is 3.19. The topological polar surface area (TPSA) is 57.3 Å². The number of nitrogens with zero attached hydrogens (tertiary/aromatic N) is 2. The first-order valence-electron chi connectivity index (χ1n) is 5.84. The summed E-state index contributed by atoms with van der Waals surface area (Å²) in [5.41, 5.74) is 1.50. The first-order valence-corrected chi connectivity index (χ1v) is 5.84. The summed E-state index contributed by atoms with van der Waals surface area (Å²) in [4.78, 5) is 17.8. The van der Waals surface area contributed by atoms with Crippen LogP contribution in [0.2, 0.25) is 0 Å². The van der Waals surface area contributed by atoms with E-state index in [1.165, 1.54) is 0 Å². The maximum Gasteiger partial charge on any atom is 0.269 e. The number of hydrogen-bond acceptors (Lipinski definition) is 4. The third kappa shape index (κ3) is 2.55. The van der Waals surface area contributed by atoms with E-state index in [9.17, 15) is 4.79 Å². The molecule has 0 aliphatic carbocycles. The van der Waals surface area contributed by atoms with Gasteiger partial charge >= 0.3 is 0 Å². The molecule has 2 heterocycles. The Balaban J connectivity index is 2.17. The van der Waals surface area contributed by atoms with Crippen LogP contribution in [0.25, 0.3) is 0 Å². The highest BCUT2D eigenvalue weighted by Crippen LogP contribution is 2.18. The summed E-state index contributed by atoms with van der Waals surface area (Å²) in [5, 5.41) is 5.92. The molecule has 1 unspecified atom stereocenters. The zero-order chi connectivity index (χ0) is 12.3. The van der Waals surface area contributed by atoms with Gasteiger partial charge in [0.05, 0.1) is 0 Å². The Kier molecular flexibility index (Phi) is 3.58. The molecule has 2 rings (SSSR count). The minimum Gasteiger partial charge on any atom is -0.370 e. The lowest BCUT2D eigenvalue weighted by molar-refractivity contribution is 0.0958. The van der Waals surface area contributed by atoms with Crippen LogP contribution in [0.15, 0.2) is 18.3 Å². The van der Waals surface area contributed by atoms with Crippen LogP contribution in [0.4, 0.5) is 5.69 Å². The molecule has 0 spiro atoms. The van der Waals surface area contributed by atoms with Gasteiger partial charge in [0, 0.05) is 38.6 Å². The molecule has 0 radical (unpaired) electrons. The average Bonchev–Trinajstić information content (AvgIpc) is 2.91. The normalized spacial score (nSPS) is 19.1. The van der Waals surface area contributed by atoms with Gasteiger partial charge < -0.3 is 15.5 Å². The number of likely N-dealkylation sites (N-methyl/N-ethyl adjacent to an activating group) is 1. The minimum atomic E-state index is -0.148. The lowest BCUT2D eigenvalue weighted by Crippen LogP contribution is -2.33. The Bertz CT molecular complexity index is 401. The third-order valence-corrected chi connectivity index (χ3v) is 3.19. The van der Waals surface area contributed by atoms with Crippen molar-refractivity contribution in [3.8, 4) is 0 Å². The fourth-order valence-electron chi connectivity index (χ4n) is 2.07. The number of carbonyl (C=O) groups is 1. The van der Waals surface area contributed by atoms with Crippen LogP contribution in [0.1, 0.15) is 16.9 Å². The summed E-state index contributed by atoms with van der Waals surface area (Å²) in [6, 6.07) is 4.26. The summed E-state index contributed by atoms with van der Waals surface area (Å²) in [6.07, 6.45) is 2.81. The van der Waals surface area contributed by atoms with Crippen LogP contribution in [0.5, 0.6) is 0 Å². The van der Waals surface area contributed by atoms with Crippen molar-refractivity contribution in [2.75, 3.05) is 32.1 Å². The number of aromatic nitrogens is 1. The van der Waals surface area contributed by atoms with Crippen LogP contribution >= 0.6 is 0 Å². The summed E-state index contributed by atoms with van der Waals surface area (Å²) in [7, 11) is 3.67. The second-order valence-electron chi connectivity index (χ2n) is 4.24. The fourth-order valence-corrected chi connectivity index (χ4v) is 2.07. The van der Waals surface area contributed by atoms with Crippen LogP contribution < -0.4 is 15.5 Å². The summed E-state index contributed by atoms with van der Waals surface area (Å²) < 4.78 is 0. The van der Waals surface area contributed by atoms with Gasteiger partial charge in [-0.1, -0.05) is 0 Å². The second kappa shape index (κ2) is 5.14. The van der Waals surface area contributed by atoms with Crippen molar-refractivity contribution in [3.63, 3.8) is 0 Å². The lowest BCUT2D eigenvalue weighted by Gasteiger charge is -2.26. The quantitative estimate of drug-likeness (QED) is 0.786. The van der Waals surface area contributed by atoms with Crippen LogP contribution in [0.3, 0.4) is 0 Å². The molecule has 1 aromatic rings. The molecule has 1 saturated heterocycles. The molecule has 1 amide bonds. The van der Waals surface area contributed by atoms with Crippen molar-refractivity contribution in [2.45, 2.75) is 12.5 Å². The van der Waals surface area contributed by atoms with Crippen molar-refractivity contribution in [1.82, 2.24) is 15.6 Å². The fraction of sp³-hybridized carbons (Fsp3) is 0.500. The average molecular weight is 234 g/mol. The molecule has 0 aromatic carbocycles. The van der Waals surface area contributed by atoms with Crippen molar-refractivity contribution in [2.24, 2.45) is 0 Å². The molecule has 0 bridgehead atoms. The van der Waals surface area contributed by atoms with E-state index in [4.69, 9.17) is 0 Å². The Morgan fingerprint density at radius 3 is 3.12 bits per heavy atom. The van der Waals surface area contributed by atoms with Gasteiger partial charge in [0.1, 0.15) is 5.69 Å². The van der Waals surface area contributed by atoms with Crippen LogP contribution in [0, 0.1) is 0 Å². The van der Waals surface area contributed by atoms with Crippen molar-refractivity contribution < 1.29 is 4.79 Å². The first kappa shape index (κ1) is 11.9. The molecule has 1 aromatic heterocycles. The first-order chi connectivity index (χ1) is 8.22. The monoisotopic (exact) mass is 234 g/mol. The number of hydrogen-bond donors (Lipinski definition) is 2. The number of amides is 1. The molecule has 0 saturated carbocycles. The van der Waals surface area contributed by atoms with Gasteiger partial charge in [0.2, 0.25) is 0 Å². The van der Waals surface area contributed by atoms with E-state index in [0.717, 1.165) is 25.2 Å². The molecule has 1 aliphatic heterocycles. The molecule has 5 nitrogen and oxygen atoms in total. The summed E-state index contributed by atoms with van der Waals surface area (Å²) in [6.45, 7) is 2.05. The predicted octanol–water partition coefficient (Wildman–Crippen LogP) is 0.239.